The largest absolute Gasteiger partial charge is 0.356 e. The fourth-order valence-electron chi connectivity index (χ4n) is 3.54. The number of carbonyl (C=O) groups excluding carboxylic acids is 1. The Balaban J connectivity index is 1.33. The first kappa shape index (κ1) is 17.5. The number of carbonyl (C=O) groups is 1. The zero-order valence-corrected chi connectivity index (χ0v) is 15.2. The van der Waals surface area contributed by atoms with E-state index in [0.717, 1.165) is 36.0 Å². The van der Waals surface area contributed by atoms with Crippen LogP contribution in [0.25, 0.3) is 11.0 Å². The summed E-state index contributed by atoms with van der Waals surface area (Å²) < 4.78 is 20.4. The molecule has 1 aromatic carbocycles. The molecule has 1 fully saturated rings. The number of likely N-dealkylation sites (tertiary alicyclic amines) is 1. The zero-order chi connectivity index (χ0) is 18.8. The Labute approximate surface area is 156 Å². The number of amides is 2. The Morgan fingerprint density at radius 3 is 2.93 bits per heavy atom. The summed E-state index contributed by atoms with van der Waals surface area (Å²) in [6, 6.07) is 4.43. The molecule has 2 amide bonds. The lowest BCUT2D eigenvalue weighted by molar-refractivity contribution is 0.180. The van der Waals surface area contributed by atoms with Crippen LogP contribution in [0.5, 0.6) is 0 Å². The molecule has 8 heteroatoms. The first-order chi connectivity index (χ1) is 13.1. The van der Waals surface area contributed by atoms with E-state index in [1.54, 1.807) is 12.3 Å². The predicted octanol–water partition coefficient (Wildman–Crippen LogP) is 3.27. The molecule has 0 unspecified atom stereocenters. The summed E-state index contributed by atoms with van der Waals surface area (Å²) in [4.78, 5) is 14.2. The second-order valence-electron chi connectivity index (χ2n) is 6.83. The van der Waals surface area contributed by atoms with Crippen molar-refractivity contribution in [1.29, 1.82) is 0 Å². The van der Waals surface area contributed by atoms with Gasteiger partial charge in [0.25, 0.3) is 0 Å². The van der Waals surface area contributed by atoms with E-state index in [4.69, 9.17) is 4.52 Å². The van der Waals surface area contributed by atoms with Crippen LogP contribution in [0.2, 0.25) is 0 Å². The average Bonchev–Trinajstić information content (AvgIpc) is 3.32. The fourth-order valence-corrected chi connectivity index (χ4v) is 3.54. The lowest BCUT2D eigenvalue weighted by Crippen LogP contribution is -2.43. The van der Waals surface area contributed by atoms with Crippen LogP contribution in [0.1, 0.15) is 36.9 Å². The second kappa shape index (κ2) is 7.38. The van der Waals surface area contributed by atoms with Gasteiger partial charge in [-0.05, 0) is 31.9 Å². The van der Waals surface area contributed by atoms with Crippen LogP contribution in [-0.4, -0.2) is 39.0 Å². The van der Waals surface area contributed by atoms with Crippen molar-refractivity contribution in [1.82, 2.24) is 25.2 Å². The van der Waals surface area contributed by atoms with E-state index in [-0.39, 0.29) is 17.8 Å². The van der Waals surface area contributed by atoms with Crippen molar-refractivity contribution in [3.63, 3.8) is 0 Å². The molecule has 3 aromatic rings. The summed E-state index contributed by atoms with van der Waals surface area (Å²) in [7, 11) is 0. The standard InChI is InChI=1S/C19H22FN5O2/c1-2-25-12-13(11-22-25)10-21-19(26)24-7-5-14(6-8-24)18-16-4-3-15(20)9-17(16)27-23-18/h3-4,9,11-12,14H,2,5-8,10H2,1H3,(H,21,26). The van der Waals surface area contributed by atoms with Crippen molar-refractivity contribution in [3.8, 4) is 0 Å². The summed E-state index contributed by atoms with van der Waals surface area (Å²) in [5.41, 5.74) is 2.32. The molecule has 1 aliphatic heterocycles. The second-order valence-corrected chi connectivity index (χ2v) is 6.83. The highest BCUT2D eigenvalue weighted by molar-refractivity contribution is 5.80. The lowest BCUT2D eigenvalue weighted by atomic mass is 9.92. The third kappa shape index (κ3) is 3.65. The van der Waals surface area contributed by atoms with Crippen LogP contribution >= 0.6 is 0 Å². The van der Waals surface area contributed by atoms with Crippen molar-refractivity contribution >= 4 is 17.0 Å². The van der Waals surface area contributed by atoms with Gasteiger partial charge in [-0.3, -0.25) is 4.68 Å². The number of aromatic nitrogens is 3. The summed E-state index contributed by atoms with van der Waals surface area (Å²) >= 11 is 0. The Kier molecular flexibility index (Phi) is 4.79. The maximum absolute atomic E-state index is 13.3. The molecule has 1 N–H and O–H groups in total. The van der Waals surface area contributed by atoms with Crippen LogP contribution in [0.15, 0.2) is 35.1 Å². The Bertz CT molecular complexity index is 943. The monoisotopic (exact) mass is 371 g/mol. The Morgan fingerprint density at radius 2 is 2.19 bits per heavy atom. The van der Waals surface area contributed by atoms with Gasteiger partial charge in [-0.25, -0.2) is 9.18 Å². The number of rotatable bonds is 4. The minimum absolute atomic E-state index is 0.0650. The van der Waals surface area contributed by atoms with Gasteiger partial charge in [-0.2, -0.15) is 5.10 Å². The van der Waals surface area contributed by atoms with E-state index in [0.29, 0.717) is 25.2 Å². The van der Waals surface area contributed by atoms with Crippen molar-refractivity contribution in [2.24, 2.45) is 0 Å². The molecule has 0 bridgehead atoms. The lowest BCUT2D eigenvalue weighted by Gasteiger charge is -2.31. The summed E-state index contributed by atoms with van der Waals surface area (Å²) in [5.74, 6) is -0.121. The van der Waals surface area contributed by atoms with Crippen LogP contribution in [-0.2, 0) is 13.1 Å². The van der Waals surface area contributed by atoms with Gasteiger partial charge < -0.3 is 14.7 Å². The molecule has 142 valence electrons. The number of fused-ring (bicyclic) bond motifs is 1. The fraction of sp³-hybridized carbons (Fsp3) is 0.421. The number of nitrogens with zero attached hydrogens (tertiary/aromatic N) is 4. The smallest absolute Gasteiger partial charge is 0.317 e. The van der Waals surface area contributed by atoms with Crippen LogP contribution in [0, 0.1) is 5.82 Å². The average molecular weight is 371 g/mol. The molecular formula is C19H22FN5O2. The van der Waals surface area contributed by atoms with Crippen LogP contribution in [0.4, 0.5) is 9.18 Å². The third-order valence-corrected chi connectivity index (χ3v) is 5.09. The summed E-state index contributed by atoms with van der Waals surface area (Å²) in [6.45, 7) is 4.61. The SMILES string of the molecule is CCn1cc(CNC(=O)N2CCC(c3noc4cc(F)ccc34)CC2)cn1. The normalized spacial score (nSPS) is 15.4. The van der Waals surface area contributed by atoms with E-state index in [1.807, 2.05) is 22.7 Å². The van der Waals surface area contributed by atoms with Gasteiger partial charge in [-0.15, -0.1) is 0 Å². The maximum Gasteiger partial charge on any atom is 0.317 e. The highest BCUT2D eigenvalue weighted by Crippen LogP contribution is 2.32. The molecule has 7 nitrogen and oxygen atoms in total. The molecule has 0 radical (unpaired) electrons. The van der Waals surface area contributed by atoms with Gasteiger partial charge in [0.05, 0.1) is 11.9 Å². The Morgan fingerprint density at radius 1 is 1.37 bits per heavy atom. The molecule has 0 atom stereocenters. The topological polar surface area (TPSA) is 76.2 Å². The summed E-state index contributed by atoms with van der Waals surface area (Å²) in [6.07, 6.45) is 5.32. The number of hydrogen-bond donors (Lipinski definition) is 1. The zero-order valence-electron chi connectivity index (χ0n) is 15.2. The quantitative estimate of drug-likeness (QED) is 0.764. The van der Waals surface area contributed by atoms with E-state index < -0.39 is 0 Å². The van der Waals surface area contributed by atoms with Gasteiger partial charge in [0.2, 0.25) is 0 Å². The van der Waals surface area contributed by atoms with Crippen molar-refractivity contribution in [2.75, 3.05) is 13.1 Å². The van der Waals surface area contributed by atoms with E-state index >= 15 is 0 Å². The van der Waals surface area contributed by atoms with Crippen LogP contribution < -0.4 is 5.32 Å². The molecule has 1 aliphatic rings. The minimum atomic E-state index is -0.332. The highest BCUT2D eigenvalue weighted by Gasteiger charge is 2.27. The van der Waals surface area contributed by atoms with Crippen molar-refractivity contribution in [3.05, 3.63) is 47.7 Å². The van der Waals surface area contributed by atoms with Gasteiger partial charge >= 0.3 is 6.03 Å². The molecular weight excluding hydrogens is 349 g/mol. The summed E-state index contributed by atoms with van der Waals surface area (Å²) in [5, 5.41) is 12.2. The predicted molar refractivity (Wildman–Crippen MR) is 97.7 cm³/mol. The third-order valence-electron chi connectivity index (χ3n) is 5.09. The van der Waals surface area contributed by atoms with Gasteiger partial charge in [0.1, 0.15) is 5.82 Å². The number of piperidine rings is 1. The molecule has 2 aromatic heterocycles. The Hall–Kier alpha value is -2.90. The van der Waals surface area contributed by atoms with E-state index in [2.05, 4.69) is 15.6 Å². The maximum atomic E-state index is 13.3. The van der Waals surface area contributed by atoms with Gasteiger partial charge in [-0.1, -0.05) is 5.16 Å². The van der Waals surface area contributed by atoms with E-state index in [9.17, 15) is 9.18 Å². The number of nitrogens with one attached hydrogen (secondary N) is 1. The molecule has 3 heterocycles. The number of benzene rings is 1. The number of urea groups is 1. The highest BCUT2D eigenvalue weighted by atomic mass is 19.1. The molecule has 27 heavy (non-hydrogen) atoms. The number of halogens is 1. The molecule has 0 spiro atoms. The molecule has 0 aliphatic carbocycles. The number of aryl methyl sites for hydroxylation is 1. The van der Waals surface area contributed by atoms with Crippen molar-refractivity contribution in [2.45, 2.75) is 38.8 Å². The van der Waals surface area contributed by atoms with Gasteiger partial charge in [0.15, 0.2) is 5.58 Å². The molecule has 0 saturated carbocycles. The first-order valence-corrected chi connectivity index (χ1v) is 9.23. The van der Waals surface area contributed by atoms with Crippen molar-refractivity contribution < 1.29 is 13.7 Å². The van der Waals surface area contributed by atoms with E-state index in [1.165, 1.54) is 12.1 Å². The molecule has 4 rings (SSSR count). The first-order valence-electron chi connectivity index (χ1n) is 9.23. The van der Waals surface area contributed by atoms with Gasteiger partial charge in [0, 0.05) is 55.3 Å². The minimum Gasteiger partial charge on any atom is -0.356 e. The van der Waals surface area contributed by atoms with Crippen LogP contribution in [0.3, 0.4) is 0 Å². The number of hydrogen-bond acceptors (Lipinski definition) is 4. The molecule has 1 saturated heterocycles.